The largest absolute Gasteiger partial charge is 0.467 e. The van der Waals surface area contributed by atoms with Gasteiger partial charge < -0.3 is 14.8 Å². The van der Waals surface area contributed by atoms with Gasteiger partial charge in [-0.05, 0) is 38.0 Å². The molecule has 0 aliphatic heterocycles. The van der Waals surface area contributed by atoms with Gasteiger partial charge in [-0.15, -0.1) is 0 Å². The Hall–Kier alpha value is -2.21. The van der Waals surface area contributed by atoms with E-state index < -0.39 is 6.10 Å². The number of amides is 1. The van der Waals surface area contributed by atoms with E-state index in [0.29, 0.717) is 23.8 Å². The maximum atomic E-state index is 12.4. The lowest BCUT2D eigenvalue weighted by atomic mass is 10.1. The molecule has 2 unspecified atom stereocenters. The van der Waals surface area contributed by atoms with Crippen LogP contribution in [0.5, 0.6) is 0 Å². The Labute approximate surface area is 141 Å². The quantitative estimate of drug-likeness (QED) is 0.850. The molecule has 0 spiro atoms. The molecule has 0 saturated heterocycles. The van der Waals surface area contributed by atoms with E-state index >= 15 is 0 Å². The summed E-state index contributed by atoms with van der Waals surface area (Å²) in [4.78, 5) is 21.1. The number of carbonyl (C=O) groups excluding carboxylic acids is 1. The van der Waals surface area contributed by atoms with E-state index in [1.165, 1.54) is 19.1 Å². The first kappa shape index (κ1) is 16.6. The molecule has 1 aliphatic carbocycles. The van der Waals surface area contributed by atoms with Crippen molar-refractivity contribution in [2.75, 3.05) is 0 Å². The van der Waals surface area contributed by atoms with Crippen molar-refractivity contribution in [1.29, 1.82) is 0 Å². The van der Waals surface area contributed by atoms with Crippen molar-refractivity contribution in [2.24, 2.45) is 0 Å². The fourth-order valence-electron chi connectivity index (χ4n) is 3.17. The average Bonchev–Trinajstić information content (AvgIpc) is 3.28. The third kappa shape index (κ3) is 4.00. The highest BCUT2D eigenvalue weighted by Crippen LogP contribution is 2.31. The van der Waals surface area contributed by atoms with Crippen LogP contribution in [0.15, 0.2) is 35.1 Å². The van der Waals surface area contributed by atoms with Gasteiger partial charge in [-0.3, -0.25) is 4.79 Å². The van der Waals surface area contributed by atoms with Crippen LogP contribution in [0.1, 0.15) is 73.1 Å². The van der Waals surface area contributed by atoms with Crippen molar-refractivity contribution in [3.63, 3.8) is 0 Å². The molecule has 1 fully saturated rings. The van der Waals surface area contributed by atoms with E-state index in [1.54, 1.807) is 24.4 Å². The van der Waals surface area contributed by atoms with E-state index in [2.05, 4.69) is 15.3 Å². The summed E-state index contributed by atoms with van der Waals surface area (Å²) in [5.41, 5.74) is 0.381. The minimum atomic E-state index is -0.741. The van der Waals surface area contributed by atoms with Crippen LogP contribution in [0.25, 0.3) is 0 Å². The van der Waals surface area contributed by atoms with Crippen LogP contribution in [-0.4, -0.2) is 27.0 Å². The summed E-state index contributed by atoms with van der Waals surface area (Å²) in [7, 11) is 0. The molecule has 2 atom stereocenters. The first-order valence-corrected chi connectivity index (χ1v) is 8.48. The molecule has 0 radical (unpaired) electrons. The third-order valence-corrected chi connectivity index (χ3v) is 4.45. The molecule has 6 nitrogen and oxygen atoms in total. The fourth-order valence-corrected chi connectivity index (χ4v) is 3.17. The zero-order valence-corrected chi connectivity index (χ0v) is 13.8. The van der Waals surface area contributed by atoms with E-state index in [4.69, 9.17) is 4.42 Å². The summed E-state index contributed by atoms with van der Waals surface area (Å²) in [5, 5.41) is 13.0. The predicted molar refractivity (Wildman–Crippen MR) is 88.5 cm³/mol. The number of aliphatic hydroxyl groups excluding tert-OH is 1. The second-order valence-corrected chi connectivity index (χ2v) is 6.42. The molecule has 1 aliphatic rings. The first-order valence-electron chi connectivity index (χ1n) is 8.48. The number of nitrogens with zero attached hydrogens (tertiary/aromatic N) is 2. The van der Waals surface area contributed by atoms with Crippen molar-refractivity contribution in [2.45, 2.75) is 57.1 Å². The fraction of sp³-hybridized carbons (Fsp3) is 0.500. The van der Waals surface area contributed by atoms with Gasteiger partial charge in [0, 0.05) is 24.6 Å². The monoisotopic (exact) mass is 329 g/mol. The molecule has 2 heterocycles. The Morgan fingerprint density at radius 2 is 2.21 bits per heavy atom. The van der Waals surface area contributed by atoms with Gasteiger partial charge in [0.2, 0.25) is 0 Å². The number of furan rings is 1. The van der Waals surface area contributed by atoms with Crippen molar-refractivity contribution < 1.29 is 14.3 Å². The van der Waals surface area contributed by atoms with Crippen LogP contribution in [-0.2, 0) is 0 Å². The van der Waals surface area contributed by atoms with Crippen LogP contribution < -0.4 is 5.32 Å². The summed E-state index contributed by atoms with van der Waals surface area (Å²) in [5.74, 6) is 1.40. The van der Waals surface area contributed by atoms with Crippen LogP contribution in [0.2, 0.25) is 0 Å². The van der Waals surface area contributed by atoms with Gasteiger partial charge in [0.25, 0.3) is 5.91 Å². The molecule has 1 amide bonds. The molecule has 2 N–H and O–H groups in total. The Balaban J connectivity index is 1.59. The van der Waals surface area contributed by atoms with Crippen LogP contribution in [0, 0.1) is 0 Å². The first-order chi connectivity index (χ1) is 11.6. The third-order valence-electron chi connectivity index (χ3n) is 4.45. The number of rotatable bonds is 6. The summed E-state index contributed by atoms with van der Waals surface area (Å²) >= 11 is 0. The topological polar surface area (TPSA) is 88.3 Å². The van der Waals surface area contributed by atoms with Crippen molar-refractivity contribution >= 4 is 5.91 Å². The zero-order chi connectivity index (χ0) is 16.9. The molecular weight excluding hydrogens is 306 g/mol. The van der Waals surface area contributed by atoms with Gasteiger partial charge in [-0.1, -0.05) is 12.8 Å². The number of carbonyl (C=O) groups is 1. The Bertz CT molecular complexity index is 666. The summed E-state index contributed by atoms with van der Waals surface area (Å²) in [6.07, 6.45) is 7.39. The summed E-state index contributed by atoms with van der Waals surface area (Å²) in [6.45, 7) is 1.85. The van der Waals surface area contributed by atoms with Crippen molar-refractivity contribution in [1.82, 2.24) is 15.3 Å². The molecule has 1 saturated carbocycles. The molecule has 2 aromatic heterocycles. The second kappa shape index (κ2) is 7.57. The maximum Gasteiger partial charge on any atom is 0.270 e. The van der Waals surface area contributed by atoms with Gasteiger partial charge in [-0.25, -0.2) is 9.97 Å². The van der Waals surface area contributed by atoms with Gasteiger partial charge in [0.1, 0.15) is 23.4 Å². The van der Waals surface area contributed by atoms with Gasteiger partial charge >= 0.3 is 0 Å². The lowest BCUT2D eigenvalue weighted by molar-refractivity contribution is 0.0897. The lowest BCUT2D eigenvalue weighted by Crippen LogP contribution is -2.34. The minimum Gasteiger partial charge on any atom is -0.467 e. The Morgan fingerprint density at radius 1 is 1.42 bits per heavy atom. The highest BCUT2D eigenvalue weighted by molar-refractivity contribution is 5.92. The maximum absolute atomic E-state index is 12.4. The number of hydrogen-bond donors (Lipinski definition) is 2. The molecular formula is C18H23N3O3. The van der Waals surface area contributed by atoms with Crippen LogP contribution in [0.3, 0.4) is 0 Å². The van der Waals surface area contributed by atoms with E-state index in [-0.39, 0.29) is 11.9 Å². The van der Waals surface area contributed by atoms with Gasteiger partial charge in [0.05, 0.1) is 6.26 Å². The molecule has 24 heavy (non-hydrogen) atoms. The van der Waals surface area contributed by atoms with Crippen LogP contribution in [0.4, 0.5) is 0 Å². The second-order valence-electron chi connectivity index (χ2n) is 6.42. The molecule has 0 aromatic carbocycles. The highest BCUT2D eigenvalue weighted by Gasteiger charge is 2.22. The SMILES string of the molecule is CC(CC(O)c1ccco1)NC(=O)c1ccnc(C2CCCC2)n1. The molecule has 0 bridgehead atoms. The minimum absolute atomic E-state index is 0.206. The molecule has 6 heteroatoms. The number of nitrogens with one attached hydrogen (secondary N) is 1. The average molecular weight is 329 g/mol. The number of aliphatic hydroxyl groups is 1. The standard InChI is InChI=1S/C18H23N3O3/c1-12(11-15(22)16-7-4-10-24-16)20-18(23)14-8-9-19-17(21-14)13-5-2-3-6-13/h4,7-10,12-13,15,22H,2-3,5-6,11H2,1H3,(H,20,23). The van der Waals surface area contributed by atoms with Crippen molar-refractivity contribution in [3.05, 3.63) is 47.9 Å². The van der Waals surface area contributed by atoms with E-state index in [1.807, 2.05) is 6.92 Å². The Kier molecular flexibility index (Phi) is 5.25. The van der Waals surface area contributed by atoms with Crippen LogP contribution >= 0.6 is 0 Å². The summed E-state index contributed by atoms with van der Waals surface area (Å²) < 4.78 is 5.18. The van der Waals surface area contributed by atoms with Gasteiger partial charge in [0.15, 0.2) is 0 Å². The summed E-state index contributed by atoms with van der Waals surface area (Å²) in [6, 6.07) is 4.87. The molecule has 3 rings (SSSR count). The lowest BCUT2D eigenvalue weighted by Gasteiger charge is -2.17. The molecule has 128 valence electrons. The van der Waals surface area contributed by atoms with E-state index in [9.17, 15) is 9.90 Å². The molecule has 2 aromatic rings. The normalized spacial score (nSPS) is 17.6. The highest BCUT2D eigenvalue weighted by atomic mass is 16.4. The van der Waals surface area contributed by atoms with Gasteiger partial charge in [-0.2, -0.15) is 0 Å². The Morgan fingerprint density at radius 3 is 2.92 bits per heavy atom. The van der Waals surface area contributed by atoms with E-state index in [0.717, 1.165) is 18.7 Å². The smallest absolute Gasteiger partial charge is 0.270 e. The predicted octanol–water partition coefficient (Wildman–Crippen LogP) is 2.97. The van der Waals surface area contributed by atoms with Crippen molar-refractivity contribution in [3.8, 4) is 0 Å². The number of aromatic nitrogens is 2. The number of hydrogen-bond acceptors (Lipinski definition) is 5. The zero-order valence-electron chi connectivity index (χ0n) is 13.8.